The summed E-state index contributed by atoms with van der Waals surface area (Å²) in [6, 6.07) is 5.23. The van der Waals surface area contributed by atoms with Crippen LogP contribution in [-0.2, 0) is 19.4 Å². The first kappa shape index (κ1) is 17.4. The van der Waals surface area contributed by atoms with Gasteiger partial charge in [0.25, 0.3) is 0 Å². The normalized spacial score (nSPS) is 21.5. The second kappa shape index (κ2) is 5.88. The van der Waals surface area contributed by atoms with Crippen LogP contribution in [0.15, 0.2) is 18.2 Å². The van der Waals surface area contributed by atoms with E-state index in [4.69, 9.17) is 9.47 Å². The molecule has 0 bridgehead atoms. The summed E-state index contributed by atoms with van der Waals surface area (Å²) in [6.07, 6.45) is -2.32. The fourth-order valence-electron chi connectivity index (χ4n) is 4.50. The summed E-state index contributed by atoms with van der Waals surface area (Å²) in [5.74, 6) is 0.763. The molecule has 0 fully saturated rings. The Bertz CT molecular complexity index is 978. The van der Waals surface area contributed by atoms with Crippen LogP contribution in [0.25, 0.3) is 0 Å². The highest BCUT2D eigenvalue weighted by molar-refractivity contribution is 5.62. The van der Waals surface area contributed by atoms with Gasteiger partial charge in [0.15, 0.2) is 23.0 Å². The first-order valence-electron chi connectivity index (χ1n) is 9.02. The Morgan fingerprint density at radius 2 is 1.96 bits per heavy atom. The van der Waals surface area contributed by atoms with Gasteiger partial charge in [-0.05, 0) is 47.7 Å². The van der Waals surface area contributed by atoms with Gasteiger partial charge < -0.3 is 24.1 Å². The maximum atomic E-state index is 13.6. The quantitative estimate of drug-likeness (QED) is 0.847. The molecular weight excluding hydrogens is 372 g/mol. The van der Waals surface area contributed by atoms with Crippen LogP contribution in [0.1, 0.15) is 28.3 Å². The van der Waals surface area contributed by atoms with Crippen molar-refractivity contribution >= 4 is 0 Å². The lowest BCUT2D eigenvalue weighted by Gasteiger charge is -2.42. The van der Waals surface area contributed by atoms with E-state index in [1.165, 1.54) is 14.2 Å². The number of phenols is 1. The molecule has 3 aliphatic rings. The molecule has 5 rings (SSSR count). The molecule has 0 aliphatic carbocycles. The largest absolute Gasteiger partial charge is 0.586 e. The predicted molar refractivity (Wildman–Crippen MR) is 94.4 cm³/mol. The van der Waals surface area contributed by atoms with Crippen LogP contribution in [0, 0.1) is 0 Å². The van der Waals surface area contributed by atoms with Gasteiger partial charge in [0.05, 0.1) is 14.2 Å². The highest BCUT2D eigenvalue weighted by Crippen LogP contribution is 2.53. The third kappa shape index (κ3) is 2.47. The van der Waals surface area contributed by atoms with Crippen molar-refractivity contribution < 1.29 is 32.8 Å². The number of hydrogen-bond acceptors (Lipinski definition) is 6. The molecule has 0 spiro atoms. The summed E-state index contributed by atoms with van der Waals surface area (Å²) >= 11 is 0. The minimum atomic E-state index is -3.69. The Labute approximate surface area is 160 Å². The standard InChI is InChI=1S/C20H19F2NO5/c1-25-16-5-10-3-4-23-9-11-6-17-19(28-20(21,22)27-17)18(26-2)13(11)7-14(23)12(10)8-15(16)24/h5-6,8,14,24H,3-4,7,9H2,1-2H3/t14-/m0/s1. The molecule has 3 aliphatic heterocycles. The number of fused-ring (bicyclic) bond motifs is 5. The Morgan fingerprint density at radius 3 is 2.71 bits per heavy atom. The third-order valence-corrected chi connectivity index (χ3v) is 5.73. The first-order chi connectivity index (χ1) is 13.4. The van der Waals surface area contributed by atoms with Crippen LogP contribution in [0.4, 0.5) is 8.78 Å². The van der Waals surface area contributed by atoms with Crippen LogP contribution < -0.4 is 18.9 Å². The molecule has 0 saturated heterocycles. The van der Waals surface area contributed by atoms with E-state index in [0.717, 1.165) is 35.2 Å². The molecule has 0 radical (unpaired) electrons. The van der Waals surface area contributed by atoms with Crippen LogP contribution in [0.2, 0.25) is 0 Å². The van der Waals surface area contributed by atoms with E-state index in [1.54, 1.807) is 12.1 Å². The lowest BCUT2D eigenvalue weighted by Crippen LogP contribution is -2.39. The fourth-order valence-corrected chi connectivity index (χ4v) is 4.50. The summed E-state index contributed by atoms with van der Waals surface area (Å²) in [4.78, 5) is 2.27. The average molecular weight is 391 g/mol. The maximum absolute atomic E-state index is 13.6. The Morgan fingerprint density at radius 1 is 1.14 bits per heavy atom. The van der Waals surface area contributed by atoms with Gasteiger partial charge in [-0.1, -0.05) is 0 Å². The van der Waals surface area contributed by atoms with E-state index in [9.17, 15) is 13.9 Å². The number of aromatic hydroxyl groups is 1. The fraction of sp³-hybridized carbons (Fsp3) is 0.400. The molecule has 2 aromatic rings. The smallest absolute Gasteiger partial charge is 0.504 e. The number of rotatable bonds is 2. The number of benzene rings is 2. The van der Waals surface area contributed by atoms with Gasteiger partial charge in [-0.3, -0.25) is 4.90 Å². The van der Waals surface area contributed by atoms with Gasteiger partial charge in [0.2, 0.25) is 5.75 Å². The molecule has 0 saturated carbocycles. The highest BCUT2D eigenvalue weighted by atomic mass is 19.3. The van der Waals surface area contributed by atoms with Gasteiger partial charge >= 0.3 is 6.29 Å². The number of halogens is 2. The monoisotopic (exact) mass is 391 g/mol. The summed E-state index contributed by atoms with van der Waals surface area (Å²) < 4.78 is 47.2. The molecule has 1 atom stereocenters. The van der Waals surface area contributed by atoms with Crippen molar-refractivity contribution in [1.29, 1.82) is 0 Å². The van der Waals surface area contributed by atoms with E-state index < -0.39 is 6.29 Å². The zero-order chi connectivity index (χ0) is 19.6. The molecule has 1 N–H and O–H groups in total. The molecule has 2 aromatic carbocycles. The van der Waals surface area contributed by atoms with E-state index in [-0.39, 0.29) is 29.0 Å². The first-order valence-corrected chi connectivity index (χ1v) is 9.02. The van der Waals surface area contributed by atoms with Gasteiger partial charge in [0.1, 0.15) is 0 Å². The zero-order valence-corrected chi connectivity index (χ0v) is 15.4. The van der Waals surface area contributed by atoms with Gasteiger partial charge in [0, 0.05) is 24.7 Å². The van der Waals surface area contributed by atoms with E-state index in [2.05, 4.69) is 14.4 Å². The van der Waals surface area contributed by atoms with E-state index >= 15 is 0 Å². The molecule has 28 heavy (non-hydrogen) atoms. The summed E-state index contributed by atoms with van der Waals surface area (Å²) in [7, 11) is 2.96. The van der Waals surface area contributed by atoms with Crippen LogP contribution in [0.5, 0.6) is 28.7 Å². The molecule has 6 nitrogen and oxygen atoms in total. The molecule has 0 aromatic heterocycles. The SMILES string of the molecule is COc1cc2c(cc1O)[C@@H]1Cc3c(cc4c(c3OC)OC(F)(F)O4)CN1CC2. The Hall–Kier alpha value is -2.74. The van der Waals surface area contributed by atoms with Crippen LogP contribution in [-0.4, -0.2) is 37.1 Å². The number of hydrogen-bond donors (Lipinski definition) is 1. The van der Waals surface area contributed by atoms with E-state index in [1.807, 2.05) is 6.07 Å². The number of phenolic OH excluding ortho intramolecular Hbond substituents is 1. The molecular formula is C20H19F2NO5. The molecule has 8 heteroatoms. The minimum absolute atomic E-state index is 0.00107. The molecule has 0 amide bonds. The average Bonchev–Trinajstić information content (AvgIpc) is 2.97. The Kier molecular flexibility index (Phi) is 3.64. The van der Waals surface area contributed by atoms with Crippen molar-refractivity contribution in [3.8, 4) is 28.7 Å². The van der Waals surface area contributed by atoms with Gasteiger partial charge in [-0.25, -0.2) is 0 Å². The summed E-state index contributed by atoms with van der Waals surface area (Å²) in [6.45, 7) is 1.39. The Balaban J connectivity index is 1.59. The second-order valence-corrected chi connectivity index (χ2v) is 7.21. The predicted octanol–water partition coefficient (Wildman–Crippen LogP) is 3.39. The molecule has 0 unspecified atom stereocenters. The summed E-state index contributed by atoms with van der Waals surface area (Å²) in [5, 5.41) is 10.2. The maximum Gasteiger partial charge on any atom is 0.586 e. The topological polar surface area (TPSA) is 60.4 Å². The van der Waals surface area contributed by atoms with Crippen molar-refractivity contribution in [2.24, 2.45) is 0 Å². The van der Waals surface area contributed by atoms with Crippen LogP contribution >= 0.6 is 0 Å². The molecule has 3 heterocycles. The van der Waals surface area contributed by atoms with Crippen LogP contribution in [0.3, 0.4) is 0 Å². The van der Waals surface area contributed by atoms with Crippen molar-refractivity contribution in [3.05, 3.63) is 40.5 Å². The second-order valence-electron chi connectivity index (χ2n) is 7.21. The molecule has 148 valence electrons. The van der Waals surface area contributed by atoms with E-state index in [0.29, 0.717) is 18.7 Å². The van der Waals surface area contributed by atoms with Gasteiger partial charge in [-0.15, -0.1) is 8.78 Å². The van der Waals surface area contributed by atoms with Crippen molar-refractivity contribution in [2.45, 2.75) is 31.7 Å². The lowest BCUT2D eigenvalue weighted by atomic mass is 9.83. The van der Waals surface area contributed by atoms with Crippen molar-refractivity contribution in [2.75, 3.05) is 20.8 Å². The number of ether oxygens (including phenoxy) is 4. The third-order valence-electron chi connectivity index (χ3n) is 5.73. The zero-order valence-electron chi connectivity index (χ0n) is 15.4. The van der Waals surface area contributed by atoms with Crippen molar-refractivity contribution in [1.82, 2.24) is 4.90 Å². The lowest BCUT2D eigenvalue weighted by molar-refractivity contribution is -0.287. The number of methoxy groups -OCH3 is 2. The van der Waals surface area contributed by atoms with Gasteiger partial charge in [-0.2, -0.15) is 0 Å². The number of nitrogens with zero attached hydrogens (tertiary/aromatic N) is 1. The minimum Gasteiger partial charge on any atom is -0.504 e. The number of alkyl halides is 2. The summed E-state index contributed by atoms with van der Waals surface area (Å²) in [5.41, 5.74) is 3.84. The van der Waals surface area contributed by atoms with Crippen molar-refractivity contribution in [3.63, 3.8) is 0 Å². The highest BCUT2D eigenvalue weighted by Gasteiger charge is 2.47.